The SMILES string of the molecule is CC(C)(O)c1cccc(Cn2cc(-c3nc(N)nc4ccccc34)nn2)n1. The largest absolute Gasteiger partial charge is 0.384 e. The van der Waals surface area contributed by atoms with E-state index < -0.39 is 5.60 Å². The predicted molar refractivity (Wildman–Crippen MR) is 102 cm³/mol. The highest BCUT2D eigenvalue weighted by Crippen LogP contribution is 2.25. The molecule has 27 heavy (non-hydrogen) atoms. The van der Waals surface area contributed by atoms with Crippen LogP contribution in [0.2, 0.25) is 0 Å². The number of nitrogens with zero attached hydrogens (tertiary/aromatic N) is 6. The van der Waals surface area contributed by atoms with E-state index >= 15 is 0 Å². The number of aliphatic hydroxyl groups is 1. The fourth-order valence-corrected chi connectivity index (χ4v) is 2.85. The van der Waals surface area contributed by atoms with Crippen molar-refractivity contribution in [3.05, 3.63) is 60.0 Å². The summed E-state index contributed by atoms with van der Waals surface area (Å²) < 4.78 is 1.68. The Morgan fingerprint density at radius 1 is 1.04 bits per heavy atom. The van der Waals surface area contributed by atoms with E-state index in [0.29, 0.717) is 23.6 Å². The number of rotatable bonds is 4. The zero-order valence-corrected chi connectivity index (χ0v) is 15.0. The highest BCUT2D eigenvalue weighted by atomic mass is 16.3. The maximum atomic E-state index is 10.1. The van der Waals surface area contributed by atoms with Crippen LogP contribution in [0.4, 0.5) is 5.95 Å². The van der Waals surface area contributed by atoms with Gasteiger partial charge in [-0.3, -0.25) is 4.98 Å². The third-order valence-corrected chi connectivity index (χ3v) is 4.16. The molecule has 8 nitrogen and oxygen atoms in total. The third kappa shape index (κ3) is 3.47. The van der Waals surface area contributed by atoms with Gasteiger partial charge in [-0.1, -0.05) is 29.5 Å². The summed E-state index contributed by atoms with van der Waals surface area (Å²) in [5, 5.41) is 19.4. The molecule has 0 amide bonds. The maximum absolute atomic E-state index is 10.1. The number of benzene rings is 1. The normalized spacial score (nSPS) is 11.8. The van der Waals surface area contributed by atoms with Gasteiger partial charge in [0.15, 0.2) is 0 Å². The molecule has 0 spiro atoms. The van der Waals surface area contributed by atoms with Crippen molar-refractivity contribution in [2.75, 3.05) is 5.73 Å². The second kappa shape index (κ2) is 6.40. The van der Waals surface area contributed by atoms with Crippen LogP contribution in [0.3, 0.4) is 0 Å². The number of nitrogen functional groups attached to an aromatic ring is 1. The summed E-state index contributed by atoms with van der Waals surface area (Å²) in [6.45, 7) is 3.84. The number of fused-ring (bicyclic) bond motifs is 1. The number of anilines is 1. The fraction of sp³-hybridized carbons (Fsp3) is 0.211. The maximum Gasteiger partial charge on any atom is 0.221 e. The van der Waals surface area contributed by atoms with E-state index in [-0.39, 0.29) is 5.95 Å². The van der Waals surface area contributed by atoms with Crippen LogP contribution in [-0.2, 0) is 12.1 Å². The summed E-state index contributed by atoms with van der Waals surface area (Å²) >= 11 is 0. The number of hydrogen-bond acceptors (Lipinski definition) is 7. The lowest BCUT2D eigenvalue weighted by atomic mass is 10.0. The molecular formula is C19H19N7O. The second-order valence-corrected chi connectivity index (χ2v) is 6.82. The third-order valence-electron chi connectivity index (χ3n) is 4.16. The van der Waals surface area contributed by atoms with Gasteiger partial charge < -0.3 is 10.8 Å². The van der Waals surface area contributed by atoms with Crippen LogP contribution in [-0.4, -0.2) is 35.1 Å². The minimum atomic E-state index is -0.999. The van der Waals surface area contributed by atoms with E-state index in [9.17, 15) is 5.11 Å². The van der Waals surface area contributed by atoms with Gasteiger partial charge in [0.1, 0.15) is 17.0 Å². The summed E-state index contributed by atoms with van der Waals surface area (Å²) in [5.41, 5.74) is 8.23. The van der Waals surface area contributed by atoms with E-state index in [1.54, 1.807) is 30.8 Å². The van der Waals surface area contributed by atoms with Crippen LogP contribution in [0.25, 0.3) is 22.3 Å². The van der Waals surface area contributed by atoms with Crippen molar-refractivity contribution in [3.8, 4) is 11.4 Å². The lowest BCUT2D eigenvalue weighted by Crippen LogP contribution is -2.18. The first-order valence-corrected chi connectivity index (χ1v) is 8.52. The van der Waals surface area contributed by atoms with Crippen LogP contribution < -0.4 is 5.73 Å². The molecule has 0 aliphatic heterocycles. The van der Waals surface area contributed by atoms with Crippen LogP contribution in [0, 0.1) is 0 Å². The highest BCUT2D eigenvalue weighted by Gasteiger charge is 2.18. The number of aromatic nitrogens is 6. The van der Waals surface area contributed by atoms with Crippen LogP contribution in [0.1, 0.15) is 25.2 Å². The van der Waals surface area contributed by atoms with E-state index in [2.05, 4.69) is 25.3 Å². The molecule has 3 heterocycles. The van der Waals surface area contributed by atoms with Gasteiger partial charge in [-0.15, -0.1) is 5.10 Å². The van der Waals surface area contributed by atoms with Crippen molar-refractivity contribution in [3.63, 3.8) is 0 Å². The zero-order chi connectivity index (χ0) is 19.0. The summed E-state index contributed by atoms with van der Waals surface area (Å²) in [5.74, 6) is 0.192. The smallest absolute Gasteiger partial charge is 0.221 e. The molecule has 0 aliphatic carbocycles. The Balaban J connectivity index is 1.67. The molecule has 0 bridgehead atoms. The molecular weight excluding hydrogens is 342 g/mol. The molecule has 3 aromatic heterocycles. The summed E-state index contributed by atoms with van der Waals surface area (Å²) in [4.78, 5) is 13.1. The first-order chi connectivity index (χ1) is 12.9. The van der Waals surface area contributed by atoms with Crippen molar-refractivity contribution in [1.29, 1.82) is 0 Å². The summed E-state index contributed by atoms with van der Waals surface area (Å²) in [7, 11) is 0. The Kier molecular flexibility index (Phi) is 4.04. The molecule has 0 saturated heterocycles. The molecule has 0 fully saturated rings. The van der Waals surface area contributed by atoms with E-state index in [0.717, 1.165) is 16.6 Å². The molecule has 3 N–H and O–H groups in total. The van der Waals surface area contributed by atoms with Gasteiger partial charge in [-0.25, -0.2) is 14.6 Å². The second-order valence-electron chi connectivity index (χ2n) is 6.82. The lowest BCUT2D eigenvalue weighted by Gasteiger charge is -2.17. The van der Waals surface area contributed by atoms with E-state index in [4.69, 9.17) is 5.73 Å². The fourth-order valence-electron chi connectivity index (χ4n) is 2.85. The van der Waals surface area contributed by atoms with Gasteiger partial charge in [0, 0.05) is 5.39 Å². The Labute approximate surface area is 155 Å². The van der Waals surface area contributed by atoms with Gasteiger partial charge >= 0.3 is 0 Å². The van der Waals surface area contributed by atoms with Gasteiger partial charge in [-0.2, -0.15) is 0 Å². The number of nitrogens with two attached hydrogens (primary N) is 1. The minimum Gasteiger partial charge on any atom is -0.384 e. The highest BCUT2D eigenvalue weighted by molar-refractivity contribution is 5.91. The monoisotopic (exact) mass is 361 g/mol. The number of pyridine rings is 1. The average molecular weight is 361 g/mol. The summed E-state index contributed by atoms with van der Waals surface area (Å²) in [6.07, 6.45) is 1.80. The topological polar surface area (TPSA) is 116 Å². The van der Waals surface area contributed by atoms with Crippen LogP contribution >= 0.6 is 0 Å². The standard InChI is InChI=1S/C19H19N7O/c1-19(2,27)16-9-5-6-12(21-16)10-26-11-15(24-25-26)17-13-7-3-4-8-14(13)22-18(20)23-17/h3-9,11,27H,10H2,1-2H3,(H2,20,22,23). The minimum absolute atomic E-state index is 0.192. The number of hydrogen-bond donors (Lipinski definition) is 2. The molecule has 0 radical (unpaired) electrons. The van der Waals surface area contributed by atoms with E-state index in [1.165, 1.54) is 0 Å². The van der Waals surface area contributed by atoms with Crippen molar-refractivity contribution in [1.82, 2.24) is 29.9 Å². The Hall–Kier alpha value is -3.39. The quantitative estimate of drug-likeness (QED) is 0.572. The molecule has 1 aromatic carbocycles. The van der Waals surface area contributed by atoms with Gasteiger partial charge in [0.2, 0.25) is 5.95 Å². The van der Waals surface area contributed by atoms with Gasteiger partial charge in [-0.05, 0) is 32.0 Å². The Morgan fingerprint density at radius 3 is 2.67 bits per heavy atom. The number of para-hydroxylation sites is 1. The summed E-state index contributed by atoms with van der Waals surface area (Å²) in [6, 6.07) is 13.2. The Bertz CT molecular complexity index is 1110. The molecule has 0 atom stereocenters. The van der Waals surface area contributed by atoms with E-state index in [1.807, 2.05) is 36.4 Å². The molecule has 8 heteroatoms. The van der Waals surface area contributed by atoms with Crippen LogP contribution in [0.15, 0.2) is 48.7 Å². The van der Waals surface area contributed by atoms with Gasteiger partial charge in [0.25, 0.3) is 0 Å². The van der Waals surface area contributed by atoms with Crippen molar-refractivity contribution in [2.45, 2.75) is 26.0 Å². The van der Waals surface area contributed by atoms with Crippen molar-refractivity contribution in [2.24, 2.45) is 0 Å². The van der Waals surface area contributed by atoms with Crippen molar-refractivity contribution >= 4 is 16.9 Å². The van der Waals surface area contributed by atoms with Crippen molar-refractivity contribution < 1.29 is 5.11 Å². The molecule has 4 rings (SSSR count). The molecule has 136 valence electrons. The Morgan fingerprint density at radius 2 is 1.85 bits per heavy atom. The molecule has 0 aliphatic rings. The van der Waals surface area contributed by atoms with Gasteiger partial charge in [0.05, 0.1) is 29.6 Å². The van der Waals surface area contributed by atoms with Crippen LogP contribution in [0.5, 0.6) is 0 Å². The first kappa shape index (κ1) is 17.0. The predicted octanol–water partition coefficient (Wildman–Crippen LogP) is 2.14. The zero-order valence-electron chi connectivity index (χ0n) is 15.0. The molecule has 0 saturated carbocycles. The average Bonchev–Trinajstić information content (AvgIpc) is 3.09. The molecule has 0 unspecified atom stereocenters. The molecule has 4 aromatic rings. The first-order valence-electron chi connectivity index (χ1n) is 8.52. The lowest BCUT2D eigenvalue weighted by molar-refractivity contribution is 0.0736.